The molecule has 1 aliphatic heterocycles. The van der Waals surface area contributed by atoms with Gasteiger partial charge in [-0.05, 0) is 36.4 Å². The third-order valence-corrected chi connectivity index (χ3v) is 5.46. The molecule has 1 aliphatic rings. The lowest BCUT2D eigenvalue weighted by Crippen LogP contribution is -2.50. The maximum atomic E-state index is 12.5. The minimum Gasteiger partial charge on any atom is -0.336 e. The third kappa shape index (κ3) is 5.31. The lowest BCUT2D eigenvalue weighted by molar-refractivity contribution is -0.117. The summed E-state index contributed by atoms with van der Waals surface area (Å²) in [5.41, 5.74) is 0.942. The minimum absolute atomic E-state index is 0.0412. The van der Waals surface area contributed by atoms with Gasteiger partial charge in [0.15, 0.2) is 0 Å². The molecule has 5 nitrogen and oxygen atoms in total. The van der Waals surface area contributed by atoms with Gasteiger partial charge in [0.1, 0.15) is 0 Å². The van der Waals surface area contributed by atoms with Crippen molar-refractivity contribution in [2.75, 3.05) is 38.0 Å². The normalized spacial score (nSPS) is 14.8. The van der Waals surface area contributed by atoms with E-state index < -0.39 is 0 Å². The topological polar surface area (TPSA) is 52.7 Å². The molecule has 1 fully saturated rings. The first kappa shape index (κ1) is 21.2. The van der Waals surface area contributed by atoms with Crippen molar-refractivity contribution in [3.8, 4) is 0 Å². The maximum Gasteiger partial charge on any atom is 0.253 e. The van der Waals surface area contributed by atoms with Crippen LogP contribution < -0.4 is 5.32 Å². The van der Waals surface area contributed by atoms with Gasteiger partial charge in [0, 0.05) is 41.8 Å². The average Bonchev–Trinajstić information content (AvgIpc) is 2.65. The number of carbonyl (C=O) groups is 2. The van der Waals surface area contributed by atoms with Crippen LogP contribution in [0.2, 0.25) is 20.1 Å². The highest BCUT2D eigenvalue weighted by molar-refractivity contribution is 6.42. The van der Waals surface area contributed by atoms with Gasteiger partial charge in [-0.1, -0.05) is 46.4 Å². The van der Waals surface area contributed by atoms with Crippen LogP contribution in [0.3, 0.4) is 0 Å². The van der Waals surface area contributed by atoms with Crippen molar-refractivity contribution in [2.24, 2.45) is 0 Å². The van der Waals surface area contributed by atoms with Crippen molar-refractivity contribution in [1.29, 1.82) is 0 Å². The lowest BCUT2D eigenvalue weighted by atomic mass is 10.2. The van der Waals surface area contributed by atoms with Crippen molar-refractivity contribution in [1.82, 2.24) is 9.80 Å². The van der Waals surface area contributed by atoms with Gasteiger partial charge in [0.2, 0.25) is 5.91 Å². The van der Waals surface area contributed by atoms with E-state index in [-0.39, 0.29) is 28.4 Å². The molecule has 2 aromatic carbocycles. The van der Waals surface area contributed by atoms with Crippen LogP contribution in [-0.2, 0) is 4.79 Å². The van der Waals surface area contributed by atoms with Crippen LogP contribution in [0.5, 0.6) is 0 Å². The second-order valence-corrected chi connectivity index (χ2v) is 8.06. The summed E-state index contributed by atoms with van der Waals surface area (Å²) in [6.07, 6.45) is 0. The van der Waals surface area contributed by atoms with Crippen LogP contribution in [-0.4, -0.2) is 54.3 Å². The molecule has 1 heterocycles. The molecule has 3 rings (SSSR count). The first-order valence-corrected chi connectivity index (χ1v) is 10.1. The molecule has 9 heteroatoms. The van der Waals surface area contributed by atoms with Crippen molar-refractivity contribution in [3.05, 3.63) is 62.1 Å². The number of halogens is 4. The van der Waals surface area contributed by atoms with Crippen LogP contribution in [0, 0.1) is 0 Å². The molecule has 0 atom stereocenters. The third-order valence-electron chi connectivity index (χ3n) is 4.39. The highest BCUT2D eigenvalue weighted by Crippen LogP contribution is 2.33. The molecule has 2 amide bonds. The van der Waals surface area contributed by atoms with Crippen LogP contribution >= 0.6 is 46.4 Å². The van der Waals surface area contributed by atoms with Gasteiger partial charge in [0.05, 0.1) is 22.3 Å². The standard InChI is InChI=1S/C19H17Cl4N3O2/c20-13-3-1-12(2-4-13)19(28)26-7-5-25(6-8-26)11-17(27)24-18-15(22)9-14(21)10-16(18)23/h1-4,9-10H,5-8,11H2,(H,24,27). The van der Waals surface area contributed by atoms with E-state index in [9.17, 15) is 9.59 Å². The molecule has 1 saturated heterocycles. The molecule has 0 aliphatic carbocycles. The van der Waals surface area contributed by atoms with Crippen molar-refractivity contribution < 1.29 is 9.59 Å². The molecule has 0 bridgehead atoms. The van der Waals surface area contributed by atoms with Gasteiger partial charge in [-0.3, -0.25) is 14.5 Å². The van der Waals surface area contributed by atoms with Gasteiger partial charge in [-0.15, -0.1) is 0 Å². The summed E-state index contributed by atoms with van der Waals surface area (Å²) >= 11 is 23.9. The van der Waals surface area contributed by atoms with E-state index in [0.29, 0.717) is 47.5 Å². The van der Waals surface area contributed by atoms with Crippen LogP contribution in [0.25, 0.3) is 0 Å². The Balaban J connectivity index is 1.52. The Bertz CT molecular complexity index is 858. The summed E-state index contributed by atoms with van der Waals surface area (Å²) in [6.45, 7) is 2.44. The summed E-state index contributed by atoms with van der Waals surface area (Å²) in [5.74, 6) is -0.274. The molecule has 2 aromatic rings. The summed E-state index contributed by atoms with van der Waals surface area (Å²) in [5, 5.41) is 4.27. The number of nitrogens with one attached hydrogen (secondary N) is 1. The van der Waals surface area contributed by atoms with Crippen LogP contribution in [0.15, 0.2) is 36.4 Å². The Hall–Kier alpha value is -1.50. The molecule has 0 radical (unpaired) electrons. The smallest absolute Gasteiger partial charge is 0.253 e. The van der Waals surface area contributed by atoms with Gasteiger partial charge in [-0.25, -0.2) is 0 Å². The number of carbonyl (C=O) groups excluding carboxylic acids is 2. The Morgan fingerprint density at radius 2 is 1.43 bits per heavy atom. The van der Waals surface area contributed by atoms with Crippen molar-refractivity contribution >= 4 is 63.9 Å². The molecular formula is C19H17Cl4N3O2. The average molecular weight is 461 g/mol. The second-order valence-electron chi connectivity index (χ2n) is 6.37. The zero-order valence-corrected chi connectivity index (χ0v) is 17.7. The first-order chi connectivity index (χ1) is 13.3. The zero-order valence-electron chi connectivity index (χ0n) is 14.7. The molecule has 28 heavy (non-hydrogen) atoms. The number of anilines is 1. The molecule has 148 valence electrons. The summed E-state index contributed by atoms with van der Waals surface area (Å²) in [6, 6.07) is 9.86. The van der Waals surface area contributed by atoms with E-state index in [1.165, 1.54) is 12.1 Å². The fraction of sp³-hybridized carbons (Fsp3) is 0.263. The molecule has 1 N–H and O–H groups in total. The van der Waals surface area contributed by atoms with Gasteiger partial charge >= 0.3 is 0 Å². The predicted molar refractivity (Wildman–Crippen MR) is 114 cm³/mol. The number of benzene rings is 2. The number of nitrogens with zero attached hydrogens (tertiary/aromatic N) is 2. The monoisotopic (exact) mass is 459 g/mol. The number of piperazine rings is 1. The van der Waals surface area contributed by atoms with Crippen LogP contribution in [0.1, 0.15) is 10.4 Å². The molecular weight excluding hydrogens is 444 g/mol. The van der Waals surface area contributed by atoms with E-state index in [1.54, 1.807) is 29.2 Å². The first-order valence-electron chi connectivity index (χ1n) is 8.55. The Kier molecular flexibility index (Phi) is 7.07. The predicted octanol–water partition coefficient (Wildman–Crippen LogP) is 4.70. The lowest BCUT2D eigenvalue weighted by Gasteiger charge is -2.34. The maximum absolute atomic E-state index is 12.5. The van der Waals surface area contributed by atoms with Crippen molar-refractivity contribution in [3.63, 3.8) is 0 Å². The van der Waals surface area contributed by atoms with Crippen molar-refractivity contribution in [2.45, 2.75) is 0 Å². The molecule has 0 unspecified atom stereocenters. The SMILES string of the molecule is O=C(CN1CCN(C(=O)c2ccc(Cl)cc2)CC1)Nc1c(Cl)cc(Cl)cc1Cl. The second kappa shape index (κ2) is 9.33. The molecule has 0 saturated carbocycles. The fourth-order valence-electron chi connectivity index (χ4n) is 2.93. The van der Waals surface area contributed by atoms with E-state index in [0.717, 1.165) is 0 Å². The van der Waals surface area contributed by atoms with E-state index in [1.807, 2.05) is 4.90 Å². The van der Waals surface area contributed by atoms with Gasteiger partial charge in [0.25, 0.3) is 5.91 Å². The Morgan fingerprint density at radius 1 is 0.857 bits per heavy atom. The number of rotatable bonds is 4. The quantitative estimate of drug-likeness (QED) is 0.719. The summed E-state index contributed by atoms with van der Waals surface area (Å²) < 4.78 is 0. The van der Waals surface area contributed by atoms with E-state index in [2.05, 4.69) is 5.32 Å². The number of hydrogen-bond donors (Lipinski definition) is 1. The highest BCUT2D eigenvalue weighted by Gasteiger charge is 2.23. The zero-order chi connectivity index (χ0) is 20.3. The highest BCUT2D eigenvalue weighted by atomic mass is 35.5. The largest absolute Gasteiger partial charge is 0.336 e. The van der Waals surface area contributed by atoms with E-state index in [4.69, 9.17) is 46.4 Å². The fourth-order valence-corrected chi connectivity index (χ4v) is 3.97. The van der Waals surface area contributed by atoms with Crippen LogP contribution in [0.4, 0.5) is 5.69 Å². The summed E-state index contributed by atoms with van der Waals surface area (Å²) in [4.78, 5) is 28.6. The Labute approximate surface area is 183 Å². The summed E-state index contributed by atoms with van der Waals surface area (Å²) in [7, 11) is 0. The Morgan fingerprint density at radius 3 is 2.00 bits per heavy atom. The molecule has 0 spiro atoms. The number of hydrogen-bond acceptors (Lipinski definition) is 3. The number of amides is 2. The van der Waals surface area contributed by atoms with Gasteiger partial charge < -0.3 is 10.2 Å². The van der Waals surface area contributed by atoms with Gasteiger partial charge in [-0.2, -0.15) is 0 Å². The molecule has 0 aromatic heterocycles. The van der Waals surface area contributed by atoms with E-state index >= 15 is 0 Å². The minimum atomic E-state index is -0.233.